The molecule has 3 N–H and O–H groups in total. The number of aromatic nitrogens is 1. The molecule has 0 saturated carbocycles. The van der Waals surface area contributed by atoms with Gasteiger partial charge < -0.3 is 15.8 Å². The van der Waals surface area contributed by atoms with Gasteiger partial charge in [-0.25, -0.2) is 9.98 Å². The van der Waals surface area contributed by atoms with E-state index in [0.717, 1.165) is 0 Å². The maximum Gasteiger partial charge on any atom is 0.309 e. The fourth-order valence-electron chi connectivity index (χ4n) is 1.42. The first-order chi connectivity index (χ1) is 9.14. The van der Waals surface area contributed by atoms with Crippen LogP contribution in [-0.4, -0.2) is 30.1 Å². The average Bonchev–Trinajstić information content (AvgIpc) is 2.35. The van der Waals surface area contributed by atoms with Crippen LogP contribution in [-0.2, 0) is 5.92 Å². The van der Waals surface area contributed by atoms with Crippen molar-refractivity contribution >= 4 is 29.9 Å². The maximum atomic E-state index is 14.0. The first-order valence-corrected chi connectivity index (χ1v) is 6.11. The Morgan fingerprint density at radius 3 is 2.52 bits per heavy atom. The van der Waals surface area contributed by atoms with Crippen molar-refractivity contribution in [3.05, 3.63) is 23.9 Å². The summed E-state index contributed by atoms with van der Waals surface area (Å²) in [6.45, 7) is 4.80. The van der Waals surface area contributed by atoms with E-state index in [1.165, 1.54) is 25.3 Å². The van der Waals surface area contributed by atoms with E-state index in [1.807, 2.05) is 20.8 Å². The molecule has 1 heterocycles. The van der Waals surface area contributed by atoms with Crippen molar-refractivity contribution in [2.75, 3.05) is 13.7 Å². The minimum Gasteiger partial charge on any atom is -0.481 e. The lowest BCUT2D eigenvalue weighted by Crippen LogP contribution is -2.45. The number of nitrogens with two attached hydrogens (primary N) is 1. The number of methoxy groups -OCH3 is 1. The number of aliphatic imine (C=N–C) groups is 1. The topological polar surface area (TPSA) is 72.5 Å². The highest BCUT2D eigenvalue weighted by atomic mass is 127. The number of guanidine groups is 1. The molecule has 21 heavy (non-hydrogen) atoms. The van der Waals surface area contributed by atoms with Crippen molar-refractivity contribution in [1.82, 2.24) is 10.3 Å². The number of hydrogen-bond donors (Lipinski definition) is 2. The third-order valence-electron chi connectivity index (χ3n) is 2.26. The number of nitrogens with one attached hydrogen (secondary N) is 1. The first kappa shape index (κ1) is 19.8. The number of nitrogens with zero attached hydrogens (tertiary/aromatic N) is 2. The summed E-state index contributed by atoms with van der Waals surface area (Å²) in [6, 6.07) is 4.18. The molecule has 0 bridgehead atoms. The number of rotatable bonds is 4. The van der Waals surface area contributed by atoms with E-state index >= 15 is 0 Å². The molecular weight excluding hydrogens is 393 g/mol. The van der Waals surface area contributed by atoms with Crippen LogP contribution in [0.25, 0.3) is 0 Å². The van der Waals surface area contributed by atoms with Crippen LogP contribution < -0.4 is 15.8 Å². The third kappa shape index (κ3) is 6.87. The summed E-state index contributed by atoms with van der Waals surface area (Å²) >= 11 is 0. The summed E-state index contributed by atoms with van der Waals surface area (Å²) in [5, 5.41) is 2.82. The van der Waals surface area contributed by atoms with Crippen molar-refractivity contribution in [3.8, 4) is 5.88 Å². The molecular formula is C13H21F2IN4O. The van der Waals surface area contributed by atoms with Crippen molar-refractivity contribution < 1.29 is 13.5 Å². The van der Waals surface area contributed by atoms with Crippen LogP contribution in [0.15, 0.2) is 23.2 Å². The molecule has 0 spiro atoms. The van der Waals surface area contributed by atoms with Gasteiger partial charge in [-0.15, -0.1) is 24.0 Å². The SMILES string of the molecule is COc1cccc(C(F)(F)CN=C(N)NC(C)(C)C)n1.I. The largest absolute Gasteiger partial charge is 0.481 e. The zero-order chi connectivity index (χ0) is 15.4. The van der Waals surface area contributed by atoms with Gasteiger partial charge in [0.25, 0.3) is 0 Å². The molecule has 8 heteroatoms. The van der Waals surface area contributed by atoms with Gasteiger partial charge in [0.2, 0.25) is 5.88 Å². The van der Waals surface area contributed by atoms with Gasteiger partial charge in [0.15, 0.2) is 5.96 Å². The van der Waals surface area contributed by atoms with E-state index in [4.69, 9.17) is 10.5 Å². The molecule has 0 fully saturated rings. The van der Waals surface area contributed by atoms with E-state index in [-0.39, 0.29) is 41.4 Å². The van der Waals surface area contributed by atoms with E-state index in [9.17, 15) is 8.78 Å². The van der Waals surface area contributed by atoms with E-state index in [1.54, 1.807) is 0 Å². The Bertz CT molecular complexity index is 489. The van der Waals surface area contributed by atoms with Gasteiger partial charge in [0.05, 0.1) is 7.11 Å². The summed E-state index contributed by atoms with van der Waals surface area (Å²) in [4.78, 5) is 7.38. The van der Waals surface area contributed by atoms with Crippen LogP contribution in [0.4, 0.5) is 8.78 Å². The van der Waals surface area contributed by atoms with Crippen LogP contribution in [0, 0.1) is 0 Å². The monoisotopic (exact) mass is 414 g/mol. The fraction of sp³-hybridized carbons (Fsp3) is 0.538. The number of halogens is 3. The predicted molar refractivity (Wildman–Crippen MR) is 89.5 cm³/mol. The fourth-order valence-corrected chi connectivity index (χ4v) is 1.42. The molecule has 0 amide bonds. The van der Waals surface area contributed by atoms with Gasteiger partial charge in [-0.2, -0.15) is 8.78 Å². The molecule has 0 atom stereocenters. The average molecular weight is 414 g/mol. The molecule has 0 aliphatic rings. The van der Waals surface area contributed by atoms with Crippen LogP contribution in [0.3, 0.4) is 0 Å². The third-order valence-corrected chi connectivity index (χ3v) is 2.26. The molecule has 0 aromatic carbocycles. The Morgan fingerprint density at radius 2 is 2.00 bits per heavy atom. The normalized spacial score (nSPS) is 12.6. The van der Waals surface area contributed by atoms with Gasteiger partial charge in [0, 0.05) is 11.6 Å². The molecule has 0 radical (unpaired) electrons. The van der Waals surface area contributed by atoms with Crippen LogP contribution in [0.1, 0.15) is 26.5 Å². The van der Waals surface area contributed by atoms with Gasteiger partial charge in [-0.3, -0.25) is 0 Å². The van der Waals surface area contributed by atoms with E-state index in [2.05, 4.69) is 15.3 Å². The van der Waals surface area contributed by atoms with E-state index in [0.29, 0.717) is 0 Å². The molecule has 0 aliphatic heterocycles. The summed E-state index contributed by atoms with van der Waals surface area (Å²) in [7, 11) is 1.37. The first-order valence-electron chi connectivity index (χ1n) is 6.11. The highest BCUT2D eigenvalue weighted by Gasteiger charge is 2.33. The zero-order valence-corrected chi connectivity index (χ0v) is 14.8. The molecule has 0 unspecified atom stereocenters. The molecule has 1 aromatic rings. The minimum atomic E-state index is -3.21. The van der Waals surface area contributed by atoms with Crippen LogP contribution in [0.5, 0.6) is 5.88 Å². The molecule has 5 nitrogen and oxygen atoms in total. The van der Waals surface area contributed by atoms with Gasteiger partial charge in [0.1, 0.15) is 12.2 Å². The molecule has 120 valence electrons. The van der Waals surface area contributed by atoms with Crippen LogP contribution >= 0.6 is 24.0 Å². The Labute approximate surface area is 140 Å². The second-order valence-electron chi connectivity index (χ2n) is 5.35. The molecule has 1 rings (SSSR count). The summed E-state index contributed by atoms with van der Waals surface area (Å²) in [5.74, 6) is -3.11. The van der Waals surface area contributed by atoms with Crippen molar-refractivity contribution in [1.29, 1.82) is 0 Å². The number of alkyl halides is 2. The smallest absolute Gasteiger partial charge is 0.309 e. The summed E-state index contributed by atoms with van der Waals surface area (Å²) in [6.07, 6.45) is 0. The Hall–Kier alpha value is -1.19. The van der Waals surface area contributed by atoms with Crippen molar-refractivity contribution in [3.63, 3.8) is 0 Å². The predicted octanol–water partition coefficient (Wildman–Crippen LogP) is 2.50. The highest BCUT2D eigenvalue weighted by Crippen LogP contribution is 2.27. The number of ether oxygens (including phenoxy) is 1. The maximum absolute atomic E-state index is 14.0. The lowest BCUT2D eigenvalue weighted by atomic mass is 10.1. The Morgan fingerprint density at radius 1 is 1.38 bits per heavy atom. The number of hydrogen-bond acceptors (Lipinski definition) is 3. The van der Waals surface area contributed by atoms with E-state index < -0.39 is 18.2 Å². The Balaban J connectivity index is 0.00000400. The lowest BCUT2D eigenvalue weighted by Gasteiger charge is -2.21. The highest BCUT2D eigenvalue weighted by molar-refractivity contribution is 14.0. The summed E-state index contributed by atoms with van der Waals surface area (Å²) < 4.78 is 32.7. The zero-order valence-electron chi connectivity index (χ0n) is 12.5. The lowest BCUT2D eigenvalue weighted by molar-refractivity contribution is 0.00136. The van der Waals surface area contributed by atoms with Crippen molar-refractivity contribution in [2.24, 2.45) is 10.7 Å². The Kier molecular flexibility index (Phi) is 7.28. The van der Waals surface area contributed by atoms with Gasteiger partial charge >= 0.3 is 5.92 Å². The standard InChI is InChI=1S/C13H20F2N4O.HI/c1-12(2,3)19-11(16)17-8-13(14,15)9-6-5-7-10(18-9)20-4;/h5-7H,8H2,1-4H3,(H3,16,17,19);1H. The second kappa shape index (κ2) is 7.71. The van der Waals surface area contributed by atoms with Gasteiger partial charge in [-0.05, 0) is 26.8 Å². The quantitative estimate of drug-likeness (QED) is 0.451. The molecule has 0 aliphatic carbocycles. The van der Waals surface area contributed by atoms with Crippen molar-refractivity contribution in [2.45, 2.75) is 32.2 Å². The second-order valence-corrected chi connectivity index (χ2v) is 5.35. The van der Waals surface area contributed by atoms with Crippen LogP contribution in [0.2, 0.25) is 0 Å². The molecule has 0 saturated heterocycles. The van der Waals surface area contributed by atoms with Gasteiger partial charge in [-0.1, -0.05) is 6.07 Å². The minimum absolute atomic E-state index is 0. The number of pyridine rings is 1. The molecule has 1 aromatic heterocycles. The summed E-state index contributed by atoms with van der Waals surface area (Å²) in [5.41, 5.74) is 4.83.